The molecule has 98 valence electrons. The van der Waals surface area contributed by atoms with E-state index >= 15 is 0 Å². The number of methoxy groups -OCH3 is 1. The van der Waals surface area contributed by atoms with E-state index in [2.05, 4.69) is 0 Å². The van der Waals surface area contributed by atoms with Gasteiger partial charge in [-0.3, -0.25) is 4.79 Å². The van der Waals surface area contributed by atoms with Gasteiger partial charge in [0.1, 0.15) is 0 Å². The summed E-state index contributed by atoms with van der Waals surface area (Å²) < 4.78 is 10.1. The van der Waals surface area contributed by atoms with E-state index in [4.69, 9.17) is 14.6 Å². The lowest BCUT2D eigenvalue weighted by Gasteiger charge is -2.10. The topological polar surface area (TPSA) is 72.8 Å². The molecule has 0 aromatic heterocycles. The van der Waals surface area contributed by atoms with Crippen LogP contribution in [0, 0.1) is 0 Å². The summed E-state index contributed by atoms with van der Waals surface area (Å²) in [6.07, 6.45) is 1.25. The molecule has 0 amide bonds. The SMILES string of the molecule is CCCC(=O)c1ccc(OCC(=O)O)c(OC)c1. The van der Waals surface area contributed by atoms with Gasteiger partial charge < -0.3 is 14.6 Å². The van der Waals surface area contributed by atoms with Crippen molar-refractivity contribution >= 4 is 11.8 Å². The molecule has 5 nitrogen and oxygen atoms in total. The van der Waals surface area contributed by atoms with Crippen LogP contribution in [-0.4, -0.2) is 30.6 Å². The Bertz CT molecular complexity index is 439. The van der Waals surface area contributed by atoms with Crippen LogP contribution in [0.3, 0.4) is 0 Å². The van der Waals surface area contributed by atoms with Crippen LogP contribution in [0.15, 0.2) is 18.2 Å². The highest BCUT2D eigenvalue weighted by Crippen LogP contribution is 2.28. The summed E-state index contributed by atoms with van der Waals surface area (Å²) in [5, 5.41) is 8.53. The Kier molecular flexibility index (Phi) is 5.17. The number of carbonyl (C=O) groups excluding carboxylic acids is 1. The summed E-state index contributed by atoms with van der Waals surface area (Å²) in [7, 11) is 1.44. The zero-order valence-electron chi connectivity index (χ0n) is 10.4. The molecule has 0 unspecified atom stereocenters. The summed E-state index contributed by atoms with van der Waals surface area (Å²) in [4.78, 5) is 22.1. The third-order valence-electron chi connectivity index (χ3n) is 2.31. The Balaban J connectivity index is 2.89. The van der Waals surface area contributed by atoms with Crippen molar-refractivity contribution < 1.29 is 24.2 Å². The molecule has 1 N–H and O–H groups in total. The first-order valence-corrected chi connectivity index (χ1v) is 5.64. The first-order valence-electron chi connectivity index (χ1n) is 5.64. The number of carboxylic acid groups (broad SMARTS) is 1. The zero-order chi connectivity index (χ0) is 13.5. The summed E-state index contributed by atoms with van der Waals surface area (Å²) in [6, 6.07) is 4.72. The number of carboxylic acids is 1. The van der Waals surface area contributed by atoms with Crippen LogP contribution >= 0.6 is 0 Å². The number of benzene rings is 1. The lowest BCUT2D eigenvalue weighted by atomic mass is 10.1. The van der Waals surface area contributed by atoms with E-state index < -0.39 is 12.6 Å². The summed E-state index contributed by atoms with van der Waals surface area (Å²) in [5.41, 5.74) is 0.538. The Hall–Kier alpha value is -2.04. The van der Waals surface area contributed by atoms with Crippen molar-refractivity contribution in [2.24, 2.45) is 0 Å². The number of carbonyl (C=O) groups is 2. The average Bonchev–Trinajstić information content (AvgIpc) is 2.36. The third kappa shape index (κ3) is 3.76. The Labute approximate surface area is 105 Å². The summed E-state index contributed by atoms with van der Waals surface area (Å²) in [5.74, 6) is -0.366. The van der Waals surface area contributed by atoms with Crippen molar-refractivity contribution in [1.29, 1.82) is 0 Å². The molecule has 0 saturated heterocycles. The van der Waals surface area contributed by atoms with Crippen molar-refractivity contribution in [3.63, 3.8) is 0 Å². The lowest BCUT2D eigenvalue weighted by Crippen LogP contribution is -2.10. The Morgan fingerprint density at radius 1 is 1.28 bits per heavy atom. The molecule has 0 fully saturated rings. The normalized spacial score (nSPS) is 9.89. The highest BCUT2D eigenvalue weighted by atomic mass is 16.5. The van der Waals surface area contributed by atoms with Gasteiger partial charge in [0, 0.05) is 12.0 Å². The van der Waals surface area contributed by atoms with Crippen LogP contribution in [0.1, 0.15) is 30.1 Å². The van der Waals surface area contributed by atoms with Gasteiger partial charge in [0.2, 0.25) is 0 Å². The molecule has 18 heavy (non-hydrogen) atoms. The van der Waals surface area contributed by atoms with Gasteiger partial charge in [-0.2, -0.15) is 0 Å². The van der Waals surface area contributed by atoms with E-state index in [9.17, 15) is 9.59 Å². The van der Waals surface area contributed by atoms with E-state index in [1.807, 2.05) is 6.92 Å². The zero-order valence-corrected chi connectivity index (χ0v) is 10.4. The molecule has 0 heterocycles. The Morgan fingerprint density at radius 2 is 2.00 bits per heavy atom. The first kappa shape index (κ1) is 14.0. The second kappa shape index (κ2) is 6.64. The van der Waals surface area contributed by atoms with Gasteiger partial charge in [-0.05, 0) is 24.6 Å². The van der Waals surface area contributed by atoms with Crippen molar-refractivity contribution in [2.75, 3.05) is 13.7 Å². The minimum atomic E-state index is -1.07. The molecule has 0 saturated carbocycles. The van der Waals surface area contributed by atoms with Gasteiger partial charge in [-0.25, -0.2) is 4.79 Å². The number of hydrogen-bond acceptors (Lipinski definition) is 4. The fraction of sp³-hybridized carbons (Fsp3) is 0.385. The number of aliphatic carboxylic acids is 1. The molecule has 5 heteroatoms. The summed E-state index contributed by atoms with van der Waals surface area (Å²) in [6.45, 7) is 1.48. The van der Waals surface area contributed by atoms with Crippen LogP contribution in [-0.2, 0) is 4.79 Å². The molecule has 0 aliphatic rings. The molecule has 0 aliphatic carbocycles. The molecule has 0 spiro atoms. The average molecular weight is 252 g/mol. The monoisotopic (exact) mass is 252 g/mol. The van der Waals surface area contributed by atoms with E-state index in [0.29, 0.717) is 23.5 Å². The second-order valence-corrected chi connectivity index (χ2v) is 3.72. The molecule has 1 aromatic rings. The maximum Gasteiger partial charge on any atom is 0.341 e. The number of hydrogen-bond donors (Lipinski definition) is 1. The van der Waals surface area contributed by atoms with Gasteiger partial charge in [0.25, 0.3) is 0 Å². The van der Waals surface area contributed by atoms with Crippen LogP contribution < -0.4 is 9.47 Å². The molecular weight excluding hydrogens is 236 g/mol. The first-order chi connectivity index (χ1) is 8.58. The quantitative estimate of drug-likeness (QED) is 0.753. The van der Waals surface area contributed by atoms with Gasteiger partial charge in [0.05, 0.1) is 7.11 Å². The fourth-order valence-corrected chi connectivity index (χ4v) is 1.47. The number of ether oxygens (including phenoxy) is 2. The van der Waals surface area contributed by atoms with Crippen LogP contribution in [0.5, 0.6) is 11.5 Å². The van der Waals surface area contributed by atoms with Crippen molar-refractivity contribution in [3.8, 4) is 11.5 Å². The van der Waals surface area contributed by atoms with Crippen LogP contribution in [0.25, 0.3) is 0 Å². The fourth-order valence-electron chi connectivity index (χ4n) is 1.47. The molecule has 0 atom stereocenters. The highest BCUT2D eigenvalue weighted by Gasteiger charge is 2.11. The number of Topliss-reactive ketones (excluding diaryl/α,β-unsaturated/α-hetero) is 1. The second-order valence-electron chi connectivity index (χ2n) is 3.72. The molecule has 1 rings (SSSR count). The van der Waals surface area contributed by atoms with Gasteiger partial charge in [-0.15, -0.1) is 0 Å². The van der Waals surface area contributed by atoms with E-state index in [-0.39, 0.29) is 5.78 Å². The van der Waals surface area contributed by atoms with Gasteiger partial charge in [0.15, 0.2) is 23.9 Å². The predicted octanol–water partition coefficient (Wildman–Crippen LogP) is 2.14. The van der Waals surface area contributed by atoms with Crippen LogP contribution in [0.4, 0.5) is 0 Å². The van der Waals surface area contributed by atoms with Crippen molar-refractivity contribution in [2.45, 2.75) is 19.8 Å². The molecule has 0 aliphatic heterocycles. The molecule has 0 bridgehead atoms. The van der Waals surface area contributed by atoms with Crippen molar-refractivity contribution in [1.82, 2.24) is 0 Å². The van der Waals surface area contributed by atoms with E-state index in [0.717, 1.165) is 6.42 Å². The van der Waals surface area contributed by atoms with E-state index in [1.165, 1.54) is 7.11 Å². The largest absolute Gasteiger partial charge is 0.493 e. The number of ketones is 1. The maximum atomic E-state index is 11.7. The molecule has 1 aromatic carbocycles. The minimum absolute atomic E-state index is 0.0283. The number of rotatable bonds is 7. The van der Waals surface area contributed by atoms with Gasteiger partial charge in [-0.1, -0.05) is 6.92 Å². The third-order valence-corrected chi connectivity index (χ3v) is 2.31. The van der Waals surface area contributed by atoms with Crippen molar-refractivity contribution in [3.05, 3.63) is 23.8 Å². The minimum Gasteiger partial charge on any atom is -0.493 e. The molecule has 0 radical (unpaired) electrons. The van der Waals surface area contributed by atoms with Gasteiger partial charge >= 0.3 is 5.97 Å². The summed E-state index contributed by atoms with van der Waals surface area (Å²) >= 11 is 0. The Morgan fingerprint density at radius 3 is 2.56 bits per heavy atom. The predicted molar refractivity (Wildman–Crippen MR) is 65.4 cm³/mol. The highest BCUT2D eigenvalue weighted by molar-refractivity contribution is 5.96. The maximum absolute atomic E-state index is 11.7. The lowest BCUT2D eigenvalue weighted by molar-refractivity contribution is -0.139. The smallest absolute Gasteiger partial charge is 0.341 e. The molecular formula is C13H16O5. The standard InChI is InChI=1S/C13H16O5/c1-3-4-10(14)9-5-6-11(12(7-9)17-2)18-8-13(15)16/h5-7H,3-4,8H2,1-2H3,(H,15,16). The van der Waals surface area contributed by atoms with Crippen LogP contribution in [0.2, 0.25) is 0 Å². The van der Waals surface area contributed by atoms with E-state index in [1.54, 1.807) is 18.2 Å².